The van der Waals surface area contributed by atoms with Gasteiger partial charge in [0.15, 0.2) is 0 Å². The molecule has 3 aliphatic rings. The van der Waals surface area contributed by atoms with Gasteiger partial charge < -0.3 is 14.7 Å². The number of rotatable bonds is 8. The highest BCUT2D eigenvalue weighted by Gasteiger charge is 2.43. The van der Waals surface area contributed by atoms with Crippen LogP contribution in [0.3, 0.4) is 0 Å². The molecule has 1 aromatic carbocycles. The van der Waals surface area contributed by atoms with Crippen molar-refractivity contribution in [1.82, 2.24) is 14.8 Å². The molecule has 3 heterocycles. The molecule has 1 N–H and O–H groups in total. The lowest BCUT2D eigenvalue weighted by Gasteiger charge is -2.44. The van der Waals surface area contributed by atoms with Crippen molar-refractivity contribution in [1.29, 1.82) is 0 Å². The van der Waals surface area contributed by atoms with Crippen LogP contribution in [0, 0.1) is 11.8 Å². The summed E-state index contributed by atoms with van der Waals surface area (Å²) < 4.78 is 5.87. The fourth-order valence-electron chi connectivity index (χ4n) is 6.09. The van der Waals surface area contributed by atoms with Gasteiger partial charge in [-0.25, -0.2) is 0 Å². The highest BCUT2D eigenvalue weighted by atomic mass is 16.5. The van der Waals surface area contributed by atoms with E-state index in [0.717, 1.165) is 45.2 Å². The predicted octanol–water partition coefficient (Wildman–Crippen LogP) is 4.29. The Bertz CT molecular complexity index is 1120. The molecule has 0 unspecified atom stereocenters. The maximum atomic E-state index is 13.2. The summed E-state index contributed by atoms with van der Waals surface area (Å²) in [5.74, 6) is 0.263. The molecule has 0 spiro atoms. The molecule has 37 heavy (non-hydrogen) atoms. The zero-order valence-electron chi connectivity index (χ0n) is 22.1. The standard InChI is InChI=1S/C30H39N3O4/c1-20(2)37-27-10-6-4-8-25(27)28(30(35)36)33-18-23(19-33)29(34)32-15-13-21(14-16-32)17-24-12-11-22-7-3-5-9-26(22)31-24/h4,6,8,10-12,20-21,23,28H,3,5,7,9,13-19H2,1-2H3,(H,35,36)/t28-/m1/s1. The minimum atomic E-state index is -0.915. The van der Waals surface area contributed by atoms with E-state index in [0.29, 0.717) is 30.3 Å². The van der Waals surface area contributed by atoms with Crippen LogP contribution in [0.1, 0.15) is 68.1 Å². The summed E-state index contributed by atoms with van der Waals surface area (Å²) in [5, 5.41) is 10.0. The largest absolute Gasteiger partial charge is 0.491 e. The van der Waals surface area contributed by atoms with Crippen molar-refractivity contribution >= 4 is 11.9 Å². The third kappa shape index (κ3) is 5.82. The van der Waals surface area contributed by atoms with E-state index in [4.69, 9.17) is 9.72 Å². The molecule has 1 atom stereocenters. The first-order chi connectivity index (χ1) is 17.9. The van der Waals surface area contributed by atoms with Crippen LogP contribution >= 0.6 is 0 Å². The number of nitrogens with zero attached hydrogens (tertiary/aromatic N) is 3. The molecule has 0 saturated carbocycles. The molecule has 2 fully saturated rings. The number of aryl methyl sites for hydroxylation is 2. The van der Waals surface area contributed by atoms with Crippen molar-refractivity contribution in [3.8, 4) is 5.75 Å². The number of benzene rings is 1. The van der Waals surface area contributed by atoms with Crippen molar-refractivity contribution < 1.29 is 19.4 Å². The number of likely N-dealkylation sites (tertiary alicyclic amines) is 2. The zero-order chi connectivity index (χ0) is 25.9. The van der Waals surface area contributed by atoms with E-state index in [-0.39, 0.29) is 17.9 Å². The average molecular weight is 506 g/mol. The van der Waals surface area contributed by atoms with E-state index < -0.39 is 12.0 Å². The summed E-state index contributed by atoms with van der Waals surface area (Å²) >= 11 is 0. The van der Waals surface area contributed by atoms with Crippen LogP contribution in [0.25, 0.3) is 0 Å². The number of piperidine rings is 1. The maximum Gasteiger partial charge on any atom is 0.325 e. The highest BCUT2D eigenvalue weighted by molar-refractivity contribution is 5.82. The molecule has 2 saturated heterocycles. The Labute approximate surface area is 219 Å². The van der Waals surface area contributed by atoms with E-state index in [1.807, 2.05) is 47.9 Å². The Morgan fingerprint density at radius 2 is 1.78 bits per heavy atom. The summed E-state index contributed by atoms with van der Waals surface area (Å²) in [4.78, 5) is 34.2. The molecule has 0 radical (unpaired) electrons. The number of hydrogen-bond donors (Lipinski definition) is 1. The van der Waals surface area contributed by atoms with Crippen LogP contribution in [-0.4, -0.2) is 64.0 Å². The van der Waals surface area contributed by atoms with Crippen LogP contribution in [0.15, 0.2) is 36.4 Å². The van der Waals surface area contributed by atoms with Gasteiger partial charge in [-0.2, -0.15) is 0 Å². The predicted molar refractivity (Wildman–Crippen MR) is 142 cm³/mol. The Morgan fingerprint density at radius 3 is 2.51 bits per heavy atom. The zero-order valence-corrected chi connectivity index (χ0v) is 22.1. The Hall–Kier alpha value is -2.93. The third-order valence-electron chi connectivity index (χ3n) is 8.09. The van der Waals surface area contributed by atoms with Gasteiger partial charge in [0.05, 0.1) is 12.0 Å². The number of carboxylic acid groups (broad SMARTS) is 1. The van der Waals surface area contributed by atoms with Gasteiger partial charge in [-0.3, -0.25) is 19.5 Å². The minimum absolute atomic E-state index is 0.0488. The maximum absolute atomic E-state index is 13.2. The number of hydrogen-bond acceptors (Lipinski definition) is 5. The van der Waals surface area contributed by atoms with Crippen molar-refractivity contribution in [3.05, 3.63) is 58.9 Å². The first-order valence-electron chi connectivity index (χ1n) is 13.9. The molecule has 7 heteroatoms. The molecule has 1 aromatic heterocycles. The van der Waals surface area contributed by atoms with Gasteiger partial charge in [0, 0.05) is 43.1 Å². The van der Waals surface area contributed by atoms with E-state index >= 15 is 0 Å². The first-order valence-corrected chi connectivity index (χ1v) is 13.9. The van der Waals surface area contributed by atoms with Gasteiger partial charge >= 0.3 is 5.97 Å². The van der Waals surface area contributed by atoms with E-state index in [1.54, 1.807) is 0 Å². The lowest BCUT2D eigenvalue weighted by atomic mass is 9.88. The van der Waals surface area contributed by atoms with Crippen molar-refractivity contribution in [2.75, 3.05) is 26.2 Å². The van der Waals surface area contributed by atoms with E-state index in [9.17, 15) is 14.7 Å². The number of amides is 1. The number of fused-ring (bicyclic) bond motifs is 1. The van der Waals surface area contributed by atoms with Crippen molar-refractivity contribution in [2.24, 2.45) is 11.8 Å². The second kappa shape index (κ2) is 11.2. The van der Waals surface area contributed by atoms with Crippen LogP contribution in [0.5, 0.6) is 5.75 Å². The number of aromatic nitrogens is 1. The van der Waals surface area contributed by atoms with Crippen LogP contribution in [-0.2, 0) is 28.9 Å². The van der Waals surface area contributed by atoms with Gasteiger partial charge in [-0.1, -0.05) is 24.3 Å². The Morgan fingerprint density at radius 1 is 1.05 bits per heavy atom. The normalized spacial score (nSPS) is 19.8. The van der Waals surface area contributed by atoms with E-state index in [1.165, 1.54) is 29.8 Å². The SMILES string of the molecule is CC(C)Oc1ccccc1[C@H](C(=O)O)N1CC(C(=O)N2CCC(Cc3ccc4c(n3)CCCC4)CC2)C1. The molecule has 2 aliphatic heterocycles. The van der Waals surface area contributed by atoms with Crippen LogP contribution in [0.4, 0.5) is 0 Å². The molecule has 1 aliphatic carbocycles. The number of carbonyl (C=O) groups is 2. The third-order valence-corrected chi connectivity index (χ3v) is 8.09. The second-order valence-corrected chi connectivity index (χ2v) is 11.2. The number of para-hydroxylation sites is 1. The van der Waals surface area contributed by atoms with Gasteiger partial charge in [-0.15, -0.1) is 0 Å². The lowest BCUT2D eigenvalue weighted by Crippen LogP contribution is -2.57. The number of ether oxygens (including phenoxy) is 1. The fraction of sp³-hybridized carbons (Fsp3) is 0.567. The number of carbonyl (C=O) groups excluding carboxylic acids is 1. The second-order valence-electron chi connectivity index (χ2n) is 11.2. The van der Waals surface area contributed by atoms with E-state index in [2.05, 4.69) is 12.1 Å². The molecular formula is C30H39N3O4. The first kappa shape index (κ1) is 25.7. The van der Waals surface area contributed by atoms with Crippen LogP contribution < -0.4 is 4.74 Å². The Kier molecular flexibility index (Phi) is 7.79. The van der Waals surface area contributed by atoms with Crippen LogP contribution in [0.2, 0.25) is 0 Å². The minimum Gasteiger partial charge on any atom is -0.491 e. The van der Waals surface area contributed by atoms with Gasteiger partial charge in [0.2, 0.25) is 5.91 Å². The molecular weight excluding hydrogens is 466 g/mol. The Balaban J connectivity index is 1.13. The quantitative estimate of drug-likeness (QED) is 0.577. The smallest absolute Gasteiger partial charge is 0.325 e. The number of carboxylic acids is 1. The summed E-state index contributed by atoms with van der Waals surface area (Å²) in [6.45, 7) is 6.33. The molecule has 5 rings (SSSR count). The molecule has 1 amide bonds. The van der Waals surface area contributed by atoms with Crippen molar-refractivity contribution in [3.63, 3.8) is 0 Å². The monoisotopic (exact) mass is 505 g/mol. The lowest BCUT2D eigenvalue weighted by molar-refractivity contribution is -0.153. The summed E-state index contributed by atoms with van der Waals surface area (Å²) in [7, 11) is 0. The topological polar surface area (TPSA) is 83.0 Å². The fourth-order valence-corrected chi connectivity index (χ4v) is 6.09. The molecule has 198 valence electrons. The molecule has 7 nitrogen and oxygen atoms in total. The van der Waals surface area contributed by atoms with Gasteiger partial charge in [0.1, 0.15) is 11.8 Å². The average Bonchev–Trinajstić information content (AvgIpc) is 2.86. The summed E-state index contributed by atoms with van der Waals surface area (Å²) in [6, 6.07) is 11.0. The molecule has 0 bridgehead atoms. The summed E-state index contributed by atoms with van der Waals surface area (Å²) in [6.07, 6.45) is 7.72. The van der Waals surface area contributed by atoms with Crippen molar-refractivity contribution in [2.45, 2.75) is 70.9 Å². The summed E-state index contributed by atoms with van der Waals surface area (Å²) in [5.41, 5.74) is 4.56. The number of aliphatic carboxylic acids is 1. The van der Waals surface area contributed by atoms with Gasteiger partial charge in [0.25, 0.3) is 0 Å². The number of pyridine rings is 1. The highest BCUT2D eigenvalue weighted by Crippen LogP contribution is 2.36. The molecule has 2 aromatic rings. The van der Waals surface area contributed by atoms with Gasteiger partial charge in [-0.05, 0) is 82.4 Å².